The van der Waals surface area contributed by atoms with Crippen molar-refractivity contribution in [1.82, 2.24) is 5.32 Å². The molecule has 2 N–H and O–H groups in total. The van der Waals surface area contributed by atoms with Crippen molar-refractivity contribution in [3.05, 3.63) is 11.6 Å². The summed E-state index contributed by atoms with van der Waals surface area (Å²) in [5.41, 5.74) is 1.42. The van der Waals surface area contributed by atoms with Gasteiger partial charge in [0.2, 0.25) is 0 Å². The SMILES string of the molecule is CC(C)=CCNCCC(C)(C)CCC(=O)O. The van der Waals surface area contributed by atoms with Crippen molar-refractivity contribution in [3.8, 4) is 0 Å². The molecule has 94 valence electrons. The van der Waals surface area contributed by atoms with Crippen molar-refractivity contribution in [2.24, 2.45) is 5.41 Å². The first-order valence-corrected chi connectivity index (χ1v) is 5.89. The van der Waals surface area contributed by atoms with Crippen molar-refractivity contribution in [1.29, 1.82) is 0 Å². The number of aliphatic carboxylic acids is 1. The van der Waals surface area contributed by atoms with Gasteiger partial charge in [0.15, 0.2) is 0 Å². The van der Waals surface area contributed by atoms with E-state index in [2.05, 4.69) is 39.1 Å². The molecule has 3 heteroatoms. The number of carbonyl (C=O) groups is 1. The van der Waals surface area contributed by atoms with Crippen LogP contribution in [0.1, 0.15) is 47.0 Å². The Morgan fingerprint density at radius 1 is 1.31 bits per heavy atom. The lowest BCUT2D eigenvalue weighted by Gasteiger charge is -2.23. The molecular formula is C13H25NO2. The molecule has 0 radical (unpaired) electrons. The Kier molecular flexibility index (Phi) is 7.06. The van der Waals surface area contributed by atoms with Gasteiger partial charge in [-0.05, 0) is 38.6 Å². The Hall–Kier alpha value is -0.830. The Morgan fingerprint density at radius 3 is 2.44 bits per heavy atom. The van der Waals surface area contributed by atoms with Crippen molar-refractivity contribution in [2.75, 3.05) is 13.1 Å². The van der Waals surface area contributed by atoms with Crippen LogP contribution in [-0.2, 0) is 4.79 Å². The lowest BCUT2D eigenvalue weighted by molar-refractivity contribution is -0.137. The van der Waals surface area contributed by atoms with Crippen LogP contribution < -0.4 is 5.32 Å². The molecule has 0 saturated heterocycles. The molecule has 0 atom stereocenters. The van der Waals surface area contributed by atoms with Gasteiger partial charge in [0, 0.05) is 13.0 Å². The van der Waals surface area contributed by atoms with E-state index in [1.807, 2.05) is 0 Å². The molecular weight excluding hydrogens is 202 g/mol. The summed E-state index contributed by atoms with van der Waals surface area (Å²) in [5.74, 6) is -0.703. The normalized spacial score (nSPS) is 11.2. The topological polar surface area (TPSA) is 49.3 Å². The van der Waals surface area contributed by atoms with Gasteiger partial charge in [-0.15, -0.1) is 0 Å². The predicted molar refractivity (Wildman–Crippen MR) is 67.6 cm³/mol. The number of hydrogen-bond donors (Lipinski definition) is 2. The van der Waals surface area contributed by atoms with Gasteiger partial charge in [0.25, 0.3) is 0 Å². The monoisotopic (exact) mass is 227 g/mol. The van der Waals surface area contributed by atoms with E-state index < -0.39 is 5.97 Å². The Labute approximate surface area is 98.9 Å². The molecule has 0 aromatic heterocycles. The molecule has 3 nitrogen and oxygen atoms in total. The van der Waals surface area contributed by atoms with E-state index in [1.54, 1.807) is 0 Å². The van der Waals surface area contributed by atoms with Crippen molar-refractivity contribution < 1.29 is 9.90 Å². The molecule has 0 amide bonds. The minimum absolute atomic E-state index is 0.108. The van der Waals surface area contributed by atoms with Gasteiger partial charge in [-0.3, -0.25) is 4.79 Å². The van der Waals surface area contributed by atoms with Crippen molar-refractivity contribution in [3.63, 3.8) is 0 Å². The van der Waals surface area contributed by atoms with E-state index >= 15 is 0 Å². The third-order valence-electron chi connectivity index (χ3n) is 2.65. The average Bonchev–Trinajstić information content (AvgIpc) is 2.14. The molecule has 0 aliphatic heterocycles. The van der Waals surface area contributed by atoms with Gasteiger partial charge in [-0.1, -0.05) is 25.5 Å². The van der Waals surface area contributed by atoms with Crippen LogP contribution in [0.2, 0.25) is 0 Å². The van der Waals surface area contributed by atoms with Crippen LogP contribution in [0.15, 0.2) is 11.6 Å². The number of nitrogens with one attached hydrogen (secondary N) is 1. The first kappa shape index (κ1) is 15.2. The van der Waals surface area contributed by atoms with Crippen LogP contribution in [0.5, 0.6) is 0 Å². The van der Waals surface area contributed by atoms with Gasteiger partial charge in [0.1, 0.15) is 0 Å². The predicted octanol–water partition coefficient (Wildman–Crippen LogP) is 2.82. The van der Waals surface area contributed by atoms with E-state index in [0.717, 1.165) is 25.9 Å². The number of allylic oxidation sites excluding steroid dienone is 1. The van der Waals surface area contributed by atoms with Gasteiger partial charge >= 0.3 is 5.97 Å². The van der Waals surface area contributed by atoms with Crippen LogP contribution in [0.4, 0.5) is 0 Å². The first-order chi connectivity index (χ1) is 7.33. The smallest absolute Gasteiger partial charge is 0.303 e. The molecule has 0 bridgehead atoms. The van der Waals surface area contributed by atoms with Crippen molar-refractivity contribution >= 4 is 5.97 Å². The molecule has 0 fully saturated rings. The second kappa shape index (κ2) is 7.44. The summed E-state index contributed by atoms with van der Waals surface area (Å²) in [6.45, 7) is 10.3. The van der Waals surface area contributed by atoms with Gasteiger partial charge in [-0.25, -0.2) is 0 Å². The molecule has 0 aliphatic carbocycles. The lowest BCUT2D eigenvalue weighted by atomic mass is 9.84. The summed E-state index contributed by atoms with van der Waals surface area (Å²) in [6.07, 6.45) is 4.18. The minimum atomic E-state index is -0.703. The Morgan fingerprint density at radius 2 is 1.94 bits per heavy atom. The zero-order valence-corrected chi connectivity index (χ0v) is 11.0. The number of carboxylic acid groups (broad SMARTS) is 1. The van der Waals surface area contributed by atoms with E-state index in [4.69, 9.17) is 5.11 Å². The highest BCUT2D eigenvalue weighted by Crippen LogP contribution is 2.25. The number of rotatable bonds is 8. The first-order valence-electron chi connectivity index (χ1n) is 5.89. The molecule has 0 aromatic carbocycles. The fourth-order valence-electron chi connectivity index (χ4n) is 1.38. The van der Waals surface area contributed by atoms with Gasteiger partial charge < -0.3 is 10.4 Å². The Bertz CT molecular complexity index is 240. The number of hydrogen-bond acceptors (Lipinski definition) is 2. The van der Waals surface area contributed by atoms with E-state index in [9.17, 15) is 4.79 Å². The van der Waals surface area contributed by atoms with Gasteiger partial charge in [-0.2, -0.15) is 0 Å². The summed E-state index contributed by atoms with van der Waals surface area (Å²) < 4.78 is 0. The van der Waals surface area contributed by atoms with Crippen LogP contribution in [0.3, 0.4) is 0 Å². The highest BCUT2D eigenvalue weighted by Gasteiger charge is 2.18. The fourth-order valence-corrected chi connectivity index (χ4v) is 1.38. The zero-order valence-electron chi connectivity index (χ0n) is 11.0. The van der Waals surface area contributed by atoms with E-state index in [0.29, 0.717) is 0 Å². The van der Waals surface area contributed by atoms with E-state index in [-0.39, 0.29) is 11.8 Å². The van der Waals surface area contributed by atoms with Crippen LogP contribution in [0.25, 0.3) is 0 Å². The second-order valence-electron chi connectivity index (χ2n) is 5.29. The maximum atomic E-state index is 10.5. The van der Waals surface area contributed by atoms with E-state index in [1.165, 1.54) is 5.57 Å². The zero-order chi connectivity index (χ0) is 12.6. The maximum absolute atomic E-state index is 10.5. The summed E-state index contributed by atoms with van der Waals surface area (Å²) in [4.78, 5) is 10.5. The largest absolute Gasteiger partial charge is 0.481 e. The second-order valence-corrected chi connectivity index (χ2v) is 5.29. The fraction of sp³-hybridized carbons (Fsp3) is 0.769. The highest BCUT2D eigenvalue weighted by atomic mass is 16.4. The summed E-state index contributed by atoms with van der Waals surface area (Å²) >= 11 is 0. The van der Waals surface area contributed by atoms with Crippen molar-refractivity contribution in [2.45, 2.75) is 47.0 Å². The minimum Gasteiger partial charge on any atom is -0.481 e. The van der Waals surface area contributed by atoms with Crippen LogP contribution in [0, 0.1) is 5.41 Å². The average molecular weight is 227 g/mol. The lowest BCUT2D eigenvalue weighted by Crippen LogP contribution is -2.23. The molecule has 0 saturated carbocycles. The quantitative estimate of drug-likeness (QED) is 0.495. The van der Waals surface area contributed by atoms with Crippen LogP contribution in [-0.4, -0.2) is 24.2 Å². The summed E-state index contributed by atoms with van der Waals surface area (Å²) in [5, 5.41) is 12.0. The molecule has 16 heavy (non-hydrogen) atoms. The molecule has 0 spiro atoms. The van der Waals surface area contributed by atoms with Crippen LogP contribution >= 0.6 is 0 Å². The standard InChI is InChI=1S/C13H25NO2/c1-11(2)6-9-14-10-8-13(3,4)7-5-12(15)16/h6,14H,5,7-10H2,1-4H3,(H,15,16). The summed E-state index contributed by atoms with van der Waals surface area (Å²) in [6, 6.07) is 0. The maximum Gasteiger partial charge on any atom is 0.303 e. The molecule has 0 rings (SSSR count). The molecule has 0 heterocycles. The highest BCUT2D eigenvalue weighted by molar-refractivity contribution is 5.66. The summed E-state index contributed by atoms with van der Waals surface area (Å²) in [7, 11) is 0. The molecule has 0 unspecified atom stereocenters. The number of carboxylic acids is 1. The molecule has 0 aliphatic rings. The third kappa shape index (κ3) is 9.71. The Balaban J connectivity index is 3.65. The third-order valence-corrected chi connectivity index (χ3v) is 2.65. The van der Waals surface area contributed by atoms with Gasteiger partial charge in [0.05, 0.1) is 0 Å². The molecule has 0 aromatic rings.